The van der Waals surface area contributed by atoms with Gasteiger partial charge in [0.1, 0.15) is 0 Å². The van der Waals surface area contributed by atoms with E-state index in [4.69, 9.17) is 5.73 Å². The molecule has 1 heterocycles. The Kier molecular flexibility index (Phi) is 8.85. The third-order valence-corrected chi connectivity index (χ3v) is 4.97. The van der Waals surface area contributed by atoms with Gasteiger partial charge in [-0.15, -0.1) is 0 Å². The first-order chi connectivity index (χ1) is 15.9. The quantitative estimate of drug-likeness (QED) is 0.452. The van der Waals surface area contributed by atoms with Crippen LogP contribution in [0.1, 0.15) is 28.8 Å². The highest BCUT2D eigenvalue weighted by atomic mass is 19.4. The van der Waals surface area contributed by atoms with Gasteiger partial charge in [0.05, 0.1) is 6.61 Å². The highest BCUT2D eigenvalue weighted by molar-refractivity contribution is 5.93. The van der Waals surface area contributed by atoms with Crippen LogP contribution in [0.25, 0.3) is 0 Å². The predicted octanol–water partition coefficient (Wildman–Crippen LogP) is 4.60. The number of nitrogens with one attached hydrogen (secondary N) is 1. The standard InChI is InChI=1S/C13H11F7O2.C8H8N2O2/c1-5-7(4-21-11(5)13(18,19)20)6-2-3-8(14)9(15)10(6)22-12(16)17;9-8(12)6-1-3-7(4-2-6)10-5-11/h2-3,5,7,11-12H,4H2,1H3;1-5H,(H2,9,12)(H,10,11). The minimum atomic E-state index is -4.64. The van der Waals surface area contributed by atoms with E-state index in [1.165, 1.54) is 6.92 Å². The molecule has 0 aliphatic carbocycles. The second kappa shape index (κ2) is 11.2. The van der Waals surface area contributed by atoms with Crippen molar-refractivity contribution < 1.29 is 49.8 Å². The fourth-order valence-corrected chi connectivity index (χ4v) is 3.33. The summed E-state index contributed by atoms with van der Waals surface area (Å²) in [6, 6.07) is 7.89. The van der Waals surface area contributed by atoms with Gasteiger partial charge in [-0.1, -0.05) is 13.0 Å². The molecule has 1 fully saturated rings. The monoisotopic (exact) mass is 496 g/mol. The first kappa shape index (κ1) is 26.9. The van der Waals surface area contributed by atoms with Crippen molar-refractivity contribution in [1.29, 1.82) is 0 Å². The number of nitrogens with two attached hydrogens (primary N) is 1. The molecule has 34 heavy (non-hydrogen) atoms. The van der Waals surface area contributed by atoms with Gasteiger partial charge in [-0.25, -0.2) is 4.39 Å². The van der Waals surface area contributed by atoms with E-state index in [-0.39, 0.29) is 5.56 Å². The third-order valence-electron chi connectivity index (χ3n) is 4.97. The number of anilines is 1. The first-order valence-corrected chi connectivity index (χ1v) is 9.57. The second-order valence-electron chi connectivity index (χ2n) is 7.12. The van der Waals surface area contributed by atoms with Crippen LogP contribution in [-0.2, 0) is 9.53 Å². The summed E-state index contributed by atoms with van der Waals surface area (Å²) in [5.74, 6) is -6.87. The van der Waals surface area contributed by atoms with Gasteiger partial charge in [-0.2, -0.15) is 26.3 Å². The van der Waals surface area contributed by atoms with E-state index >= 15 is 0 Å². The van der Waals surface area contributed by atoms with E-state index in [0.29, 0.717) is 23.7 Å². The molecule has 0 bridgehead atoms. The number of benzene rings is 2. The number of primary amides is 1. The van der Waals surface area contributed by atoms with E-state index in [1.807, 2.05) is 0 Å². The lowest BCUT2D eigenvalue weighted by Gasteiger charge is -2.22. The fraction of sp³-hybridized carbons (Fsp3) is 0.333. The van der Waals surface area contributed by atoms with Gasteiger partial charge in [-0.3, -0.25) is 9.59 Å². The molecule has 2 amide bonds. The smallest absolute Gasteiger partial charge is 0.414 e. The SMILES string of the molecule is CC1C(c2ccc(F)c(F)c2OC(F)F)COC1C(F)(F)F.NC(=O)c1ccc(NC=O)cc1. The molecule has 186 valence electrons. The van der Waals surface area contributed by atoms with E-state index < -0.39 is 60.6 Å². The molecule has 6 nitrogen and oxygen atoms in total. The Hall–Kier alpha value is -3.35. The number of halogens is 7. The summed E-state index contributed by atoms with van der Waals surface area (Å²) in [6.45, 7) is -2.70. The lowest BCUT2D eigenvalue weighted by molar-refractivity contribution is -0.215. The normalized spacial score (nSPS) is 19.9. The summed E-state index contributed by atoms with van der Waals surface area (Å²) in [4.78, 5) is 20.6. The van der Waals surface area contributed by atoms with Crippen molar-refractivity contribution in [2.24, 2.45) is 11.7 Å². The van der Waals surface area contributed by atoms with Crippen LogP contribution >= 0.6 is 0 Å². The molecular formula is C21H19F7N2O4. The van der Waals surface area contributed by atoms with Crippen LogP contribution in [0.15, 0.2) is 36.4 Å². The number of ether oxygens (including phenoxy) is 2. The molecule has 1 saturated heterocycles. The van der Waals surface area contributed by atoms with Crippen LogP contribution in [0.2, 0.25) is 0 Å². The van der Waals surface area contributed by atoms with E-state index in [0.717, 1.165) is 6.07 Å². The zero-order valence-electron chi connectivity index (χ0n) is 17.4. The van der Waals surface area contributed by atoms with E-state index in [1.54, 1.807) is 24.3 Å². The number of rotatable bonds is 6. The summed E-state index contributed by atoms with van der Waals surface area (Å²) in [5, 5.41) is 2.44. The van der Waals surface area contributed by atoms with Crippen molar-refractivity contribution in [2.75, 3.05) is 11.9 Å². The summed E-state index contributed by atoms with van der Waals surface area (Å²) < 4.78 is 98.3. The minimum absolute atomic E-state index is 0.279. The van der Waals surface area contributed by atoms with Crippen molar-refractivity contribution in [3.8, 4) is 5.75 Å². The van der Waals surface area contributed by atoms with Crippen LogP contribution in [0.5, 0.6) is 5.75 Å². The maximum absolute atomic E-state index is 13.6. The maximum atomic E-state index is 13.6. The van der Waals surface area contributed by atoms with E-state index in [9.17, 15) is 40.3 Å². The van der Waals surface area contributed by atoms with Crippen molar-refractivity contribution >= 4 is 18.0 Å². The molecule has 1 aliphatic heterocycles. The molecule has 3 rings (SSSR count). The molecule has 3 N–H and O–H groups in total. The van der Waals surface area contributed by atoms with Crippen molar-refractivity contribution in [1.82, 2.24) is 0 Å². The lowest BCUT2D eigenvalue weighted by atomic mass is 9.86. The Morgan fingerprint density at radius 1 is 1.18 bits per heavy atom. The highest BCUT2D eigenvalue weighted by Gasteiger charge is 2.51. The van der Waals surface area contributed by atoms with Gasteiger partial charge in [0.25, 0.3) is 0 Å². The summed E-state index contributed by atoms with van der Waals surface area (Å²) in [7, 11) is 0. The second-order valence-corrected chi connectivity index (χ2v) is 7.12. The molecule has 2 aromatic rings. The molecule has 13 heteroatoms. The fourth-order valence-electron chi connectivity index (χ4n) is 3.33. The van der Waals surface area contributed by atoms with Crippen LogP contribution in [0.4, 0.5) is 36.4 Å². The van der Waals surface area contributed by atoms with Gasteiger partial charge >= 0.3 is 12.8 Å². The first-order valence-electron chi connectivity index (χ1n) is 9.57. The van der Waals surface area contributed by atoms with Gasteiger partial charge < -0.3 is 20.5 Å². The Morgan fingerprint density at radius 3 is 2.26 bits per heavy atom. The Bertz CT molecular complexity index is 1000. The number of carbonyl (C=O) groups is 2. The van der Waals surface area contributed by atoms with Crippen LogP contribution in [0, 0.1) is 17.6 Å². The van der Waals surface area contributed by atoms with Gasteiger partial charge in [0.2, 0.25) is 18.1 Å². The average Bonchev–Trinajstić information content (AvgIpc) is 3.14. The Morgan fingerprint density at radius 2 is 1.79 bits per heavy atom. The summed E-state index contributed by atoms with van der Waals surface area (Å²) in [6.07, 6.45) is -6.18. The van der Waals surface area contributed by atoms with Crippen molar-refractivity contribution in [3.05, 3.63) is 59.2 Å². The van der Waals surface area contributed by atoms with Crippen LogP contribution < -0.4 is 15.8 Å². The zero-order valence-corrected chi connectivity index (χ0v) is 17.4. The zero-order chi connectivity index (χ0) is 25.6. The van der Waals surface area contributed by atoms with Crippen molar-refractivity contribution in [3.63, 3.8) is 0 Å². The average molecular weight is 496 g/mol. The molecule has 2 aromatic carbocycles. The number of carbonyl (C=O) groups excluding carboxylic acids is 2. The maximum Gasteiger partial charge on any atom is 0.414 e. The predicted molar refractivity (Wildman–Crippen MR) is 105 cm³/mol. The summed E-state index contributed by atoms with van der Waals surface area (Å²) in [5.41, 5.74) is 5.79. The highest BCUT2D eigenvalue weighted by Crippen LogP contribution is 2.45. The van der Waals surface area contributed by atoms with Crippen LogP contribution in [0.3, 0.4) is 0 Å². The van der Waals surface area contributed by atoms with Crippen molar-refractivity contribution in [2.45, 2.75) is 31.7 Å². The molecule has 0 saturated carbocycles. The molecule has 3 unspecified atom stereocenters. The lowest BCUT2D eigenvalue weighted by Crippen LogP contribution is -2.33. The van der Waals surface area contributed by atoms with Gasteiger partial charge in [-0.05, 0) is 30.3 Å². The Labute approximate surface area is 188 Å². The number of alkyl halides is 5. The number of hydrogen-bond donors (Lipinski definition) is 2. The third kappa shape index (κ3) is 6.59. The van der Waals surface area contributed by atoms with E-state index in [2.05, 4.69) is 14.8 Å². The molecule has 0 radical (unpaired) electrons. The minimum Gasteiger partial charge on any atom is -0.431 e. The number of hydrogen-bond acceptors (Lipinski definition) is 4. The molecule has 3 atom stereocenters. The number of amides is 2. The van der Waals surface area contributed by atoms with Gasteiger partial charge in [0, 0.05) is 28.7 Å². The largest absolute Gasteiger partial charge is 0.431 e. The molecular weight excluding hydrogens is 477 g/mol. The molecule has 0 spiro atoms. The summed E-state index contributed by atoms with van der Waals surface area (Å²) >= 11 is 0. The topological polar surface area (TPSA) is 90.7 Å². The van der Waals surface area contributed by atoms with Crippen LogP contribution in [-0.4, -0.2) is 37.8 Å². The molecule has 1 aliphatic rings. The molecule has 0 aromatic heterocycles. The Balaban J connectivity index is 0.000000287. The van der Waals surface area contributed by atoms with Gasteiger partial charge in [0.15, 0.2) is 17.7 Å².